The minimum Gasteiger partial charge on any atom is -0.376 e. The number of fused-ring (bicyclic) bond motifs is 10. The van der Waals surface area contributed by atoms with Gasteiger partial charge < -0.3 is 10.3 Å². The van der Waals surface area contributed by atoms with Crippen molar-refractivity contribution >= 4 is 28.4 Å². The van der Waals surface area contributed by atoms with Crippen LogP contribution >= 0.6 is 0 Å². The van der Waals surface area contributed by atoms with Crippen LogP contribution in [-0.2, 0) is 9.59 Å². The molecule has 0 radical (unpaired) electrons. The zero-order valence-electron chi connectivity index (χ0n) is 14.2. The topological polar surface area (TPSA) is 65.2 Å². The van der Waals surface area contributed by atoms with Gasteiger partial charge in [0.25, 0.3) is 0 Å². The van der Waals surface area contributed by atoms with Crippen molar-refractivity contribution in [3.05, 3.63) is 65.4 Å². The lowest BCUT2D eigenvalue weighted by atomic mass is 9.68. The molecule has 0 unspecified atom stereocenters. The second kappa shape index (κ2) is 4.55. The Hall–Kier alpha value is -3.08. The minimum atomic E-state index is -0.409. The van der Waals surface area contributed by atoms with Crippen LogP contribution in [0.3, 0.4) is 0 Å². The molecule has 3 aromatic rings. The molecule has 26 heavy (non-hydrogen) atoms. The number of nitrogens with zero attached hydrogens (tertiary/aromatic N) is 1. The maximum absolute atomic E-state index is 13.0. The Morgan fingerprint density at radius 3 is 2.58 bits per heavy atom. The van der Waals surface area contributed by atoms with Crippen LogP contribution in [0.2, 0.25) is 0 Å². The van der Waals surface area contributed by atoms with Crippen molar-refractivity contribution < 1.29 is 9.59 Å². The Morgan fingerprint density at radius 1 is 0.923 bits per heavy atom. The number of para-hydroxylation sites is 2. The number of aromatic amines is 1. The number of aromatic nitrogens is 1. The predicted molar refractivity (Wildman–Crippen MR) is 97.9 cm³/mol. The van der Waals surface area contributed by atoms with E-state index in [9.17, 15) is 9.59 Å². The number of hydrogen-bond acceptors (Lipinski definition) is 3. The largest absolute Gasteiger partial charge is 0.376 e. The van der Waals surface area contributed by atoms with Crippen LogP contribution in [0, 0.1) is 5.92 Å². The number of likely N-dealkylation sites (N-methyl/N-ethyl adjacent to an activating group) is 1. The fourth-order valence-corrected chi connectivity index (χ4v) is 5.27. The number of carbonyl (C=O) groups is 2. The van der Waals surface area contributed by atoms with Crippen LogP contribution in [0.5, 0.6) is 0 Å². The third-order valence-electron chi connectivity index (χ3n) is 6.35. The van der Waals surface area contributed by atoms with E-state index in [0.717, 1.165) is 33.4 Å². The van der Waals surface area contributed by atoms with Crippen molar-refractivity contribution in [2.75, 3.05) is 12.4 Å². The first-order valence-electron chi connectivity index (χ1n) is 8.94. The molecule has 4 atom stereocenters. The van der Waals surface area contributed by atoms with Crippen molar-refractivity contribution in [2.24, 2.45) is 5.92 Å². The number of amides is 2. The van der Waals surface area contributed by atoms with Gasteiger partial charge in [-0.2, -0.15) is 0 Å². The Balaban J connectivity index is 1.69. The standard InChI is InChI=1S/C21H17N3O2/c1-24-20(25)16-14-10-6-2-4-8-12(10)22-18(14)19-15(17(16)21(24)26)11-7-3-5-9-13(11)23-19/h2-9,14,16-18,22-23H,1H3/t14-,16+,17+,18-/m0/s1. The number of likely N-dealkylation sites (tertiary alicyclic amines) is 1. The normalized spacial score (nSPS) is 28.6. The molecule has 1 aliphatic carbocycles. The molecule has 6 rings (SSSR count). The highest BCUT2D eigenvalue weighted by Crippen LogP contribution is 2.59. The van der Waals surface area contributed by atoms with Gasteiger partial charge in [-0.25, -0.2) is 0 Å². The number of anilines is 1. The van der Waals surface area contributed by atoms with Crippen LogP contribution in [0.25, 0.3) is 10.9 Å². The summed E-state index contributed by atoms with van der Waals surface area (Å²) >= 11 is 0. The molecule has 3 aliphatic rings. The van der Waals surface area contributed by atoms with E-state index >= 15 is 0 Å². The van der Waals surface area contributed by atoms with Crippen LogP contribution in [0.15, 0.2) is 48.5 Å². The van der Waals surface area contributed by atoms with Gasteiger partial charge in [-0.3, -0.25) is 14.5 Å². The van der Waals surface area contributed by atoms with E-state index < -0.39 is 5.92 Å². The maximum atomic E-state index is 13.0. The van der Waals surface area contributed by atoms with Gasteiger partial charge in [-0.05, 0) is 23.3 Å². The van der Waals surface area contributed by atoms with E-state index in [2.05, 4.69) is 22.4 Å². The van der Waals surface area contributed by atoms with Crippen LogP contribution in [0.1, 0.15) is 34.7 Å². The number of hydrogen-bond donors (Lipinski definition) is 2. The lowest BCUT2D eigenvalue weighted by molar-refractivity contribution is -0.138. The molecule has 2 aliphatic heterocycles. The first-order chi connectivity index (χ1) is 12.7. The van der Waals surface area contributed by atoms with Crippen molar-refractivity contribution in [3.63, 3.8) is 0 Å². The fraction of sp³-hybridized carbons (Fsp3) is 0.238. The van der Waals surface area contributed by atoms with Crippen molar-refractivity contribution in [3.8, 4) is 0 Å². The van der Waals surface area contributed by atoms with Gasteiger partial charge in [0, 0.05) is 35.2 Å². The number of nitrogens with one attached hydrogen (secondary N) is 2. The maximum Gasteiger partial charge on any atom is 0.237 e. The Bertz CT molecular complexity index is 1120. The fourth-order valence-electron chi connectivity index (χ4n) is 5.27. The van der Waals surface area contributed by atoms with Gasteiger partial charge in [0.2, 0.25) is 11.8 Å². The lowest BCUT2D eigenvalue weighted by Crippen LogP contribution is -2.33. The molecule has 128 valence electrons. The van der Waals surface area contributed by atoms with Gasteiger partial charge >= 0.3 is 0 Å². The molecule has 0 bridgehead atoms. The number of H-pyrrole nitrogens is 1. The first-order valence-corrected chi connectivity index (χ1v) is 8.94. The summed E-state index contributed by atoms with van der Waals surface area (Å²) in [5.41, 5.74) is 5.25. The van der Waals surface area contributed by atoms with Crippen LogP contribution in [-0.4, -0.2) is 28.7 Å². The Labute approximate surface area is 150 Å². The first kappa shape index (κ1) is 14.1. The average molecular weight is 343 g/mol. The monoisotopic (exact) mass is 343 g/mol. The van der Waals surface area contributed by atoms with Gasteiger partial charge in [-0.1, -0.05) is 36.4 Å². The second-order valence-corrected chi connectivity index (χ2v) is 7.47. The molecule has 1 aromatic heterocycles. The molecular formula is C21H17N3O2. The number of benzene rings is 2. The summed E-state index contributed by atoms with van der Waals surface area (Å²) < 4.78 is 0. The molecule has 5 nitrogen and oxygen atoms in total. The van der Waals surface area contributed by atoms with Gasteiger partial charge in [0.15, 0.2) is 0 Å². The van der Waals surface area contributed by atoms with Gasteiger partial charge in [0.05, 0.1) is 17.9 Å². The molecule has 0 spiro atoms. The molecular weight excluding hydrogens is 326 g/mol. The predicted octanol–water partition coefficient (Wildman–Crippen LogP) is 3.13. The molecule has 2 N–H and O–H groups in total. The molecule has 1 fully saturated rings. The van der Waals surface area contributed by atoms with Gasteiger partial charge in [0.1, 0.15) is 0 Å². The van der Waals surface area contributed by atoms with E-state index in [1.54, 1.807) is 7.05 Å². The summed E-state index contributed by atoms with van der Waals surface area (Å²) in [6.45, 7) is 0. The summed E-state index contributed by atoms with van der Waals surface area (Å²) in [6, 6.07) is 16.2. The average Bonchev–Trinajstić information content (AvgIpc) is 3.29. The molecule has 2 amide bonds. The van der Waals surface area contributed by atoms with E-state index in [-0.39, 0.29) is 29.7 Å². The Morgan fingerprint density at radius 2 is 1.69 bits per heavy atom. The molecule has 1 saturated heterocycles. The van der Waals surface area contributed by atoms with Gasteiger partial charge in [-0.15, -0.1) is 0 Å². The van der Waals surface area contributed by atoms with E-state index in [1.807, 2.05) is 36.4 Å². The lowest BCUT2D eigenvalue weighted by Gasteiger charge is -2.33. The number of imide groups is 1. The molecule has 0 saturated carbocycles. The van der Waals surface area contributed by atoms with E-state index in [4.69, 9.17) is 0 Å². The van der Waals surface area contributed by atoms with Crippen molar-refractivity contribution in [1.29, 1.82) is 0 Å². The minimum absolute atomic E-state index is 0.0145. The van der Waals surface area contributed by atoms with Crippen LogP contribution in [0.4, 0.5) is 5.69 Å². The van der Waals surface area contributed by atoms with E-state index in [1.165, 1.54) is 4.90 Å². The highest BCUT2D eigenvalue weighted by Gasteiger charge is 2.59. The highest BCUT2D eigenvalue weighted by molar-refractivity contribution is 6.10. The molecule has 2 aromatic carbocycles. The zero-order chi connectivity index (χ0) is 17.6. The zero-order valence-corrected chi connectivity index (χ0v) is 14.2. The Kier molecular flexibility index (Phi) is 2.47. The second-order valence-electron chi connectivity index (χ2n) is 7.47. The summed E-state index contributed by atoms with van der Waals surface area (Å²) in [7, 11) is 1.61. The van der Waals surface area contributed by atoms with Crippen LogP contribution < -0.4 is 5.32 Å². The third-order valence-corrected chi connectivity index (χ3v) is 6.35. The molecule has 5 heteroatoms. The number of rotatable bonds is 0. The summed E-state index contributed by atoms with van der Waals surface area (Å²) in [6.07, 6.45) is 0. The summed E-state index contributed by atoms with van der Waals surface area (Å²) in [5.74, 6) is -0.940. The summed E-state index contributed by atoms with van der Waals surface area (Å²) in [5, 5.41) is 4.65. The smallest absolute Gasteiger partial charge is 0.237 e. The highest BCUT2D eigenvalue weighted by atomic mass is 16.2. The SMILES string of the molecule is CN1C(=O)[C@@H]2[C@@H]3c4ccccc4N[C@@H]3c3[nH]c4ccccc4c3[C@H]2C1=O. The molecule has 3 heterocycles. The number of carbonyl (C=O) groups excluding carboxylic acids is 2. The third kappa shape index (κ3) is 1.48. The summed E-state index contributed by atoms with van der Waals surface area (Å²) in [4.78, 5) is 30.9. The quantitative estimate of drug-likeness (QED) is 0.616. The van der Waals surface area contributed by atoms with Crippen molar-refractivity contribution in [1.82, 2.24) is 9.88 Å². The van der Waals surface area contributed by atoms with E-state index in [0.29, 0.717) is 0 Å². The van der Waals surface area contributed by atoms with Crippen molar-refractivity contribution in [2.45, 2.75) is 17.9 Å².